The molecule has 1 N–H and O–H groups in total. The van der Waals surface area contributed by atoms with Crippen molar-refractivity contribution in [3.05, 3.63) is 0 Å². The molecule has 0 amide bonds. The van der Waals surface area contributed by atoms with Crippen molar-refractivity contribution in [2.75, 3.05) is 13.2 Å². The van der Waals surface area contributed by atoms with Gasteiger partial charge < -0.3 is 19.3 Å². The maximum Gasteiger partial charge on any atom is 0.169 e. The first-order valence-electron chi connectivity index (χ1n) is 6.84. The molecule has 4 nitrogen and oxygen atoms in total. The molecular formula is C13H22O4. The maximum atomic E-state index is 9.59. The number of rotatable bonds is 2. The standard InChI is InChI=1S/C13H22O4/c1-2-12(9-14)11-10(8-15-12)16-13(17-11)6-4-3-5-7-13/h10-11,14H,2-9H2,1H3. The fraction of sp³-hybridized carbons (Fsp3) is 1.00. The SMILES string of the molecule is CCC1(CO)OCC2OC3(CCCCC3)OC21. The monoisotopic (exact) mass is 242 g/mol. The molecule has 1 saturated carbocycles. The zero-order valence-electron chi connectivity index (χ0n) is 10.5. The molecule has 3 rings (SSSR count). The van der Waals surface area contributed by atoms with Crippen molar-refractivity contribution < 1.29 is 19.3 Å². The Morgan fingerprint density at radius 2 is 1.94 bits per heavy atom. The lowest BCUT2D eigenvalue weighted by atomic mass is 9.93. The highest BCUT2D eigenvalue weighted by molar-refractivity contribution is 5.04. The van der Waals surface area contributed by atoms with Crippen LogP contribution < -0.4 is 0 Å². The average Bonchev–Trinajstić information content (AvgIpc) is 2.86. The highest BCUT2D eigenvalue weighted by atomic mass is 16.8. The van der Waals surface area contributed by atoms with E-state index in [0.717, 1.165) is 19.3 Å². The van der Waals surface area contributed by atoms with Gasteiger partial charge in [-0.3, -0.25) is 0 Å². The van der Waals surface area contributed by atoms with Crippen LogP contribution in [0, 0.1) is 0 Å². The summed E-state index contributed by atoms with van der Waals surface area (Å²) in [6.45, 7) is 2.61. The molecule has 0 aromatic heterocycles. The second kappa shape index (κ2) is 4.19. The van der Waals surface area contributed by atoms with Crippen LogP contribution in [-0.4, -0.2) is 41.9 Å². The number of hydrogen-bond donors (Lipinski definition) is 1. The van der Waals surface area contributed by atoms with Crippen molar-refractivity contribution in [1.82, 2.24) is 0 Å². The van der Waals surface area contributed by atoms with Gasteiger partial charge in [-0.1, -0.05) is 13.3 Å². The van der Waals surface area contributed by atoms with E-state index in [1.165, 1.54) is 19.3 Å². The second-order valence-corrected chi connectivity index (χ2v) is 5.55. The zero-order chi connectivity index (χ0) is 11.9. The van der Waals surface area contributed by atoms with Gasteiger partial charge in [-0.2, -0.15) is 0 Å². The molecule has 3 atom stereocenters. The molecule has 0 radical (unpaired) electrons. The number of aliphatic hydroxyl groups excluding tert-OH is 1. The summed E-state index contributed by atoms with van der Waals surface area (Å²) in [6.07, 6.45) is 6.31. The molecular weight excluding hydrogens is 220 g/mol. The van der Waals surface area contributed by atoms with Crippen LogP contribution in [0.5, 0.6) is 0 Å². The topological polar surface area (TPSA) is 47.9 Å². The Labute approximate surface area is 102 Å². The largest absolute Gasteiger partial charge is 0.393 e. The number of hydrogen-bond acceptors (Lipinski definition) is 4. The minimum atomic E-state index is -0.536. The third-order valence-electron chi connectivity index (χ3n) is 4.58. The zero-order valence-corrected chi connectivity index (χ0v) is 10.5. The van der Waals surface area contributed by atoms with E-state index >= 15 is 0 Å². The average molecular weight is 242 g/mol. The van der Waals surface area contributed by atoms with E-state index in [2.05, 4.69) is 0 Å². The van der Waals surface area contributed by atoms with Crippen LogP contribution in [0.2, 0.25) is 0 Å². The summed E-state index contributed by atoms with van der Waals surface area (Å²) in [4.78, 5) is 0. The van der Waals surface area contributed by atoms with E-state index in [4.69, 9.17) is 14.2 Å². The summed E-state index contributed by atoms with van der Waals surface area (Å²) in [5.41, 5.74) is -0.536. The van der Waals surface area contributed by atoms with Gasteiger partial charge in [-0.15, -0.1) is 0 Å². The molecule has 3 fully saturated rings. The van der Waals surface area contributed by atoms with Crippen LogP contribution in [0.25, 0.3) is 0 Å². The molecule has 3 aliphatic rings. The van der Waals surface area contributed by atoms with E-state index in [1.807, 2.05) is 6.92 Å². The number of ether oxygens (including phenoxy) is 3. The minimum Gasteiger partial charge on any atom is -0.393 e. The van der Waals surface area contributed by atoms with Crippen LogP contribution in [0.3, 0.4) is 0 Å². The third-order valence-corrected chi connectivity index (χ3v) is 4.58. The predicted molar refractivity (Wildman–Crippen MR) is 61.6 cm³/mol. The van der Waals surface area contributed by atoms with Crippen molar-refractivity contribution in [3.8, 4) is 0 Å². The van der Waals surface area contributed by atoms with E-state index in [-0.39, 0.29) is 24.6 Å². The predicted octanol–water partition coefficient (Wildman–Crippen LogP) is 1.60. The van der Waals surface area contributed by atoms with Crippen LogP contribution in [-0.2, 0) is 14.2 Å². The molecule has 3 unspecified atom stereocenters. The van der Waals surface area contributed by atoms with Gasteiger partial charge in [0.2, 0.25) is 0 Å². The van der Waals surface area contributed by atoms with Crippen LogP contribution in [0.15, 0.2) is 0 Å². The lowest BCUT2D eigenvalue weighted by Gasteiger charge is -2.36. The summed E-state index contributed by atoms with van der Waals surface area (Å²) >= 11 is 0. The molecule has 2 saturated heterocycles. The molecule has 98 valence electrons. The van der Waals surface area contributed by atoms with Crippen LogP contribution >= 0.6 is 0 Å². The third kappa shape index (κ3) is 1.73. The van der Waals surface area contributed by atoms with E-state index in [1.54, 1.807) is 0 Å². The normalized spacial score (nSPS) is 44.1. The highest BCUT2D eigenvalue weighted by Crippen LogP contribution is 2.47. The fourth-order valence-electron chi connectivity index (χ4n) is 3.45. The molecule has 0 bridgehead atoms. The van der Waals surface area contributed by atoms with Gasteiger partial charge in [0.05, 0.1) is 13.2 Å². The van der Waals surface area contributed by atoms with Gasteiger partial charge in [-0.05, 0) is 19.3 Å². The van der Waals surface area contributed by atoms with Gasteiger partial charge in [-0.25, -0.2) is 0 Å². The first-order valence-corrected chi connectivity index (χ1v) is 6.84. The summed E-state index contributed by atoms with van der Waals surface area (Å²) in [7, 11) is 0. The smallest absolute Gasteiger partial charge is 0.169 e. The molecule has 2 heterocycles. The summed E-state index contributed by atoms with van der Waals surface area (Å²) in [5.74, 6) is -0.368. The minimum absolute atomic E-state index is 0.0141. The van der Waals surface area contributed by atoms with Gasteiger partial charge in [0.1, 0.15) is 17.8 Å². The van der Waals surface area contributed by atoms with Gasteiger partial charge in [0.15, 0.2) is 5.79 Å². The molecule has 4 heteroatoms. The molecule has 0 aromatic carbocycles. The number of fused-ring (bicyclic) bond motifs is 1. The fourth-order valence-corrected chi connectivity index (χ4v) is 3.45. The molecule has 1 spiro atoms. The summed E-state index contributed by atoms with van der Waals surface area (Å²) in [6, 6.07) is 0. The molecule has 1 aliphatic carbocycles. The van der Waals surface area contributed by atoms with Gasteiger partial charge in [0.25, 0.3) is 0 Å². The Kier molecular flexibility index (Phi) is 2.94. The van der Waals surface area contributed by atoms with Crippen molar-refractivity contribution >= 4 is 0 Å². The first-order chi connectivity index (χ1) is 8.24. The number of aliphatic hydroxyl groups is 1. The summed E-state index contributed by atoms with van der Waals surface area (Å²) < 4.78 is 18.1. The van der Waals surface area contributed by atoms with Crippen molar-refractivity contribution in [3.63, 3.8) is 0 Å². The first kappa shape index (κ1) is 11.9. The van der Waals surface area contributed by atoms with E-state index in [0.29, 0.717) is 6.61 Å². The Balaban J connectivity index is 1.78. The quantitative estimate of drug-likeness (QED) is 0.799. The highest BCUT2D eigenvalue weighted by Gasteiger charge is 2.59. The van der Waals surface area contributed by atoms with Gasteiger partial charge in [0, 0.05) is 12.8 Å². The Morgan fingerprint density at radius 1 is 1.18 bits per heavy atom. The summed E-state index contributed by atoms with van der Waals surface area (Å²) in [5, 5.41) is 9.59. The lowest BCUT2D eigenvalue weighted by Crippen LogP contribution is -2.46. The molecule has 17 heavy (non-hydrogen) atoms. The van der Waals surface area contributed by atoms with E-state index < -0.39 is 5.60 Å². The van der Waals surface area contributed by atoms with Crippen molar-refractivity contribution in [1.29, 1.82) is 0 Å². The maximum absolute atomic E-state index is 9.59. The van der Waals surface area contributed by atoms with Crippen molar-refractivity contribution in [2.45, 2.75) is 69.0 Å². The molecule has 2 aliphatic heterocycles. The van der Waals surface area contributed by atoms with Crippen molar-refractivity contribution in [2.24, 2.45) is 0 Å². The second-order valence-electron chi connectivity index (χ2n) is 5.55. The van der Waals surface area contributed by atoms with E-state index in [9.17, 15) is 5.11 Å². The van der Waals surface area contributed by atoms with Crippen LogP contribution in [0.4, 0.5) is 0 Å². The lowest BCUT2D eigenvalue weighted by molar-refractivity contribution is -0.233. The Hall–Kier alpha value is -0.160. The molecule has 0 aromatic rings. The van der Waals surface area contributed by atoms with Gasteiger partial charge >= 0.3 is 0 Å². The van der Waals surface area contributed by atoms with Crippen LogP contribution in [0.1, 0.15) is 45.4 Å². The Morgan fingerprint density at radius 3 is 2.59 bits per heavy atom. The Bertz CT molecular complexity index is 281.